The van der Waals surface area contributed by atoms with Gasteiger partial charge in [0.25, 0.3) is 5.91 Å². The molecule has 0 N–H and O–H groups in total. The van der Waals surface area contributed by atoms with Crippen LogP contribution in [-0.4, -0.2) is 27.6 Å². The third-order valence-electron chi connectivity index (χ3n) is 3.78. The van der Waals surface area contributed by atoms with Gasteiger partial charge in [-0.3, -0.25) is 9.48 Å². The molecule has 1 aromatic heterocycles. The fourth-order valence-electron chi connectivity index (χ4n) is 2.49. The van der Waals surface area contributed by atoms with Gasteiger partial charge in [0.2, 0.25) is 0 Å². The van der Waals surface area contributed by atoms with Crippen molar-refractivity contribution in [2.75, 3.05) is 7.05 Å². The molecular weight excluding hydrogens is 366 g/mol. The molecule has 24 heavy (non-hydrogen) atoms. The quantitative estimate of drug-likeness (QED) is 0.668. The van der Waals surface area contributed by atoms with E-state index < -0.39 is 0 Å². The predicted octanol–water partition coefficient (Wildman–Crippen LogP) is 3.97. The lowest BCUT2D eigenvalue weighted by Gasteiger charge is -2.17. The molecule has 0 spiro atoms. The molecule has 0 aliphatic carbocycles. The van der Waals surface area contributed by atoms with Gasteiger partial charge in [0, 0.05) is 36.0 Å². The van der Waals surface area contributed by atoms with Crippen LogP contribution in [0.5, 0.6) is 0 Å². The van der Waals surface area contributed by atoms with Crippen LogP contribution in [0.2, 0.25) is 0 Å². The molecule has 0 aliphatic rings. The Morgan fingerprint density at radius 2 is 1.75 bits per heavy atom. The maximum atomic E-state index is 12.5. The van der Waals surface area contributed by atoms with E-state index in [0.29, 0.717) is 18.7 Å². The minimum absolute atomic E-state index is 0.0172. The average molecular weight is 384 g/mol. The second-order valence-electron chi connectivity index (χ2n) is 5.69. The van der Waals surface area contributed by atoms with E-state index in [1.54, 1.807) is 11.1 Å². The maximum Gasteiger partial charge on any atom is 0.253 e. The summed E-state index contributed by atoms with van der Waals surface area (Å²) in [4.78, 5) is 14.3. The Balaban J connectivity index is 1.64. The molecule has 5 heteroatoms. The highest BCUT2D eigenvalue weighted by molar-refractivity contribution is 9.10. The highest BCUT2D eigenvalue weighted by Crippen LogP contribution is 2.14. The second kappa shape index (κ2) is 7.45. The first-order valence-corrected chi connectivity index (χ1v) is 8.47. The van der Waals surface area contributed by atoms with Crippen LogP contribution in [0.1, 0.15) is 21.5 Å². The summed E-state index contributed by atoms with van der Waals surface area (Å²) in [5, 5.41) is 4.19. The van der Waals surface area contributed by atoms with E-state index in [2.05, 4.69) is 21.0 Å². The molecule has 0 saturated heterocycles. The lowest BCUT2D eigenvalue weighted by Crippen LogP contribution is -2.26. The van der Waals surface area contributed by atoms with E-state index in [1.165, 1.54) is 0 Å². The minimum Gasteiger partial charge on any atom is -0.337 e. The highest BCUT2D eigenvalue weighted by Gasteiger charge is 2.12. The summed E-state index contributed by atoms with van der Waals surface area (Å²) >= 11 is 3.42. The molecule has 2 aromatic carbocycles. The molecule has 4 nitrogen and oxygen atoms in total. The van der Waals surface area contributed by atoms with Crippen LogP contribution >= 0.6 is 15.9 Å². The molecule has 0 fully saturated rings. The van der Waals surface area contributed by atoms with Gasteiger partial charge in [0.15, 0.2) is 0 Å². The zero-order valence-electron chi connectivity index (χ0n) is 13.4. The van der Waals surface area contributed by atoms with Crippen molar-refractivity contribution in [1.29, 1.82) is 0 Å². The average Bonchev–Trinajstić information content (AvgIpc) is 3.10. The molecule has 0 bridgehead atoms. The summed E-state index contributed by atoms with van der Waals surface area (Å²) < 4.78 is 2.89. The van der Waals surface area contributed by atoms with E-state index in [-0.39, 0.29) is 5.91 Å². The largest absolute Gasteiger partial charge is 0.337 e. The number of benzene rings is 2. The first-order chi connectivity index (χ1) is 11.6. The van der Waals surface area contributed by atoms with Gasteiger partial charge >= 0.3 is 0 Å². The molecule has 1 amide bonds. The lowest BCUT2D eigenvalue weighted by molar-refractivity contribution is 0.0785. The Bertz CT molecular complexity index is 796. The smallest absolute Gasteiger partial charge is 0.253 e. The summed E-state index contributed by atoms with van der Waals surface area (Å²) in [6.07, 6.45) is 3.68. The molecule has 1 heterocycles. The van der Waals surface area contributed by atoms with Gasteiger partial charge in [-0.2, -0.15) is 5.10 Å². The number of carbonyl (C=O) groups excluding carboxylic acids is 1. The van der Waals surface area contributed by atoms with Crippen LogP contribution in [0.25, 0.3) is 0 Å². The van der Waals surface area contributed by atoms with Gasteiger partial charge < -0.3 is 4.90 Å². The van der Waals surface area contributed by atoms with Gasteiger partial charge in [-0.05, 0) is 41.5 Å². The van der Waals surface area contributed by atoms with Crippen LogP contribution < -0.4 is 0 Å². The SMILES string of the molecule is CN(Cc1ccc(Br)cc1)C(=O)c1ccc(Cn2cccn2)cc1. The Morgan fingerprint density at radius 3 is 2.38 bits per heavy atom. The Morgan fingerprint density at radius 1 is 1.08 bits per heavy atom. The summed E-state index contributed by atoms with van der Waals surface area (Å²) in [7, 11) is 1.82. The summed E-state index contributed by atoms with van der Waals surface area (Å²) in [6.45, 7) is 1.29. The maximum absolute atomic E-state index is 12.5. The van der Waals surface area contributed by atoms with E-state index in [0.717, 1.165) is 15.6 Å². The van der Waals surface area contributed by atoms with Gasteiger partial charge in [-0.25, -0.2) is 0 Å². The number of hydrogen-bond donors (Lipinski definition) is 0. The molecule has 0 unspecified atom stereocenters. The number of rotatable bonds is 5. The molecule has 0 saturated carbocycles. The molecule has 0 aliphatic heterocycles. The van der Waals surface area contributed by atoms with Crippen molar-refractivity contribution < 1.29 is 4.79 Å². The van der Waals surface area contributed by atoms with E-state index in [9.17, 15) is 4.79 Å². The number of amides is 1. The van der Waals surface area contributed by atoms with Crippen molar-refractivity contribution in [3.63, 3.8) is 0 Å². The monoisotopic (exact) mass is 383 g/mol. The zero-order chi connectivity index (χ0) is 16.9. The molecular formula is C19H18BrN3O. The van der Waals surface area contributed by atoms with Crippen molar-refractivity contribution in [3.05, 3.63) is 88.2 Å². The Labute approximate surface area is 149 Å². The summed E-state index contributed by atoms with van der Waals surface area (Å²) in [5.41, 5.74) is 2.91. The number of hydrogen-bond acceptors (Lipinski definition) is 2. The summed E-state index contributed by atoms with van der Waals surface area (Å²) in [6, 6.07) is 17.6. The standard InChI is InChI=1S/C19H18BrN3O/c1-22(13-15-5-9-18(20)10-6-15)19(24)17-7-3-16(4-8-17)14-23-12-2-11-21-23/h2-12H,13-14H2,1H3. The molecule has 122 valence electrons. The van der Waals surface area contributed by atoms with Crippen LogP contribution in [0.15, 0.2) is 71.5 Å². The van der Waals surface area contributed by atoms with Crippen LogP contribution in [0, 0.1) is 0 Å². The number of carbonyl (C=O) groups is 1. The van der Waals surface area contributed by atoms with E-state index >= 15 is 0 Å². The van der Waals surface area contributed by atoms with Gasteiger partial charge in [0.05, 0.1) is 6.54 Å². The number of nitrogens with zero attached hydrogens (tertiary/aromatic N) is 3. The fraction of sp³-hybridized carbons (Fsp3) is 0.158. The van der Waals surface area contributed by atoms with Gasteiger partial charge in [0.1, 0.15) is 0 Å². The van der Waals surface area contributed by atoms with Crippen molar-refractivity contribution in [2.45, 2.75) is 13.1 Å². The Hall–Kier alpha value is -2.40. The Kier molecular flexibility index (Phi) is 5.11. The first-order valence-electron chi connectivity index (χ1n) is 7.68. The predicted molar refractivity (Wildman–Crippen MR) is 97.7 cm³/mol. The normalized spacial score (nSPS) is 10.6. The topological polar surface area (TPSA) is 38.1 Å². The summed E-state index contributed by atoms with van der Waals surface area (Å²) in [5.74, 6) is 0.0172. The van der Waals surface area contributed by atoms with Crippen molar-refractivity contribution >= 4 is 21.8 Å². The minimum atomic E-state index is 0.0172. The van der Waals surface area contributed by atoms with Crippen molar-refractivity contribution in [3.8, 4) is 0 Å². The zero-order valence-corrected chi connectivity index (χ0v) is 15.0. The number of aromatic nitrogens is 2. The number of halogens is 1. The molecule has 3 aromatic rings. The third kappa shape index (κ3) is 4.11. The third-order valence-corrected chi connectivity index (χ3v) is 4.31. The van der Waals surface area contributed by atoms with Crippen molar-refractivity contribution in [1.82, 2.24) is 14.7 Å². The molecule has 0 radical (unpaired) electrons. The van der Waals surface area contributed by atoms with Crippen LogP contribution in [-0.2, 0) is 13.1 Å². The van der Waals surface area contributed by atoms with E-state index in [4.69, 9.17) is 0 Å². The first kappa shape index (κ1) is 16.5. The van der Waals surface area contributed by atoms with Crippen LogP contribution in [0.4, 0.5) is 0 Å². The lowest BCUT2D eigenvalue weighted by atomic mass is 10.1. The highest BCUT2D eigenvalue weighted by atomic mass is 79.9. The molecule has 0 atom stereocenters. The second-order valence-corrected chi connectivity index (χ2v) is 6.60. The van der Waals surface area contributed by atoms with Gasteiger partial charge in [-0.15, -0.1) is 0 Å². The van der Waals surface area contributed by atoms with E-state index in [1.807, 2.05) is 72.5 Å². The fourth-order valence-corrected chi connectivity index (χ4v) is 2.75. The van der Waals surface area contributed by atoms with Crippen LogP contribution in [0.3, 0.4) is 0 Å². The van der Waals surface area contributed by atoms with Crippen molar-refractivity contribution in [2.24, 2.45) is 0 Å². The van der Waals surface area contributed by atoms with Gasteiger partial charge in [-0.1, -0.05) is 40.2 Å². The molecule has 3 rings (SSSR count).